The lowest BCUT2D eigenvalue weighted by atomic mass is 11.0. The Kier molecular flexibility index (Phi) is 11.8. The smallest absolute Gasteiger partial charge is 0.131 e. The van der Waals surface area contributed by atoms with Crippen LogP contribution in [0.5, 0.6) is 0 Å². The molecule has 0 bridgehead atoms. The van der Waals surface area contributed by atoms with E-state index in [-0.39, 0.29) is 0 Å². The third-order valence-electron chi connectivity index (χ3n) is 0.287. The summed E-state index contributed by atoms with van der Waals surface area (Å²) < 4.78 is 0.539. The molecule has 0 saturated heterocycles. The lowest BCUT2D eigenvalue weighted by Gasteiger charge is -1.90. The van der Waals surface area contributed by atoms with E-state index in [4.69, 9.17) is 5.73 Å². The SMILES string of the molecule is CCSC(N)=S.CN(C)C. The highest BCUT2D eigenvalue weighted by Crippen LogP contribution is 1.95. The van der Waals surface area contributed by atoms with Gasteiger partial charge in [-0.15, -0.1) is 0 Å². The van der Waals surface area contributed by atoms with Gasteiger partial charge in [0.1, 0.15) is 4.32 Å². The number of hydrogen-bond acceptors (Lipinski definition) is 3. The molecule has 10 heavy (non-hydrogen) atoms. The van der Waals surface area contributed by atoms with E-state index in [0.29, 0.717) is 4.32 Å². The summed E-state index contributed by atoms with van der Waals surface area (Å²) in [5.41, 5.74) is 5.10. The van der Waals surface area contributed by atoms with Gasteiger partial charge in [0.25, 0.3) is 0 Å². The Labute approximate surface area is 73.2 Å². The Balaban J connectivity index is 0. The fraction of sp³-hybridized carbons (Fsp3) is 0.833. The average molecular weight is 180 g/mol. The Bertz CT molecular complexity index is 81.1. The molecule has 0 fully saturated rings. The topological polar surface area (TPSA) is 29.3 Å². The zero-order valence-corrected chi connectivity index (χ0v) is 8.68. The van der Waals surface area contributed by atoms with Gasteiger partial charge in [-0.3, -0.25) is 0 Å². The summed E-state index contributed by atoms with van der Waals surface area (Å²) in [6.07, 6.45) is 0. The van der Waals surface area contributed by atoms with Crippen molar-refractivity contribution >= 4 is 28.3 Å². The van der Waals surface area contributed by atoms with Crippen molar-refractivity contribution in [3.05, 3.63) is 0 Å². The number of thiocarbonyl (C=S) groups is 1. The minimum atomic E-state index is 0.539. The second kappa shape index (κ2) is 9.20. The van der Waals surface area contributed by atoms with Crippen LogP contribution in [0.15, 0.2) is 0 Å². The third-order valence-corrected chi connectivity index (χ3v) is 1.21. The van der Waals surface area contributed by atoms with Gasteiger partial charge in [-0.2, -0.15) is 0 Å². The van der Waals surface area contributed by atoms with Crippen LogP contribution >= 0.6 is 24.0 Å². The van der Waals surface area contributed by atoms with Gasteiger partial charge in [-0.1, -0.05) is 30.9 Å². The molecule has 2 N–H and O–H groups in total. The summed E-state index contributed by atoms with van der Waals surface area (Å²) in [6, 6.07) is 0. The molecule has 0 radical (unpaired) electrons. The maximum atomic E-state index is 5.10. The van der Waals surface area contributed by atoms with Gasteiger partial charge in [0.15, 0.2) is 0 Å². The van der Waals surface area contributed by atoms with Gasteiger partial charge in [0.2, 0.25) is 0 Å². The monoisotopic (exact) mass is 180 g/mol. The number of hydrogen-bond donors (Lipinski definition) is 1. The molecule has 0 aromatic rings. The second-order valence-corrected chi connectivity index (χ2v) is 4.10. The molecule has 0 aliphatic carbocycles. The molecule has 2 nitrogen and oxygen atoms in total. The van der Waals surface area contributed by atoms with Crippen LogP contribution in [0.25, 0.3) is 0 Å². The first-order valence-corrected chi connectivity index (χ1v) is 4.43. The fourth-order valence-corrected chi connectivity index (χ4v) is 0.780. The molecule has 0 aliphatic heterocycles. The third kappa shape index (κ3) is 41.5. The molecular formula is C6H16N2S2. The summed E-state index contributed by atoms with van der Waals surface area (Å²) in [4.78, 5) is 2.00. The predicted molar refractivity (Wildman–Crippen MR) is 54.5 cm³/mol. The molecule has 62 valence electrons. The van der Waals surface area contributed by atoms with E-state index < -0.39 is 0 Å². The standard InChI is InChI=1S/C3H7NS2.C3H9N/c1-2-6-3(4)5;1-4(2)3/h2H2,1H3,(H2,4,5);1-3H3. The van der Waals surface area contributed by atoms with E-state index in [1.165, 1.54) is 11.8 Å². The van der Waals surface area contributed by atoms with Crippen molar-refractivity contribution in [2.75, 3.05) is 26.9 Å². The first kappa shape index (κ1) is 12.8. The Morgan fingerprint density at radius 2 is 1.80 bits per heavy atom. The fourth-order valence-electron chi connectivity index (χ4n) is 0.142. The summed E-state index contributed by atoms with van der Waals surface area (Å²) in [7, 11) is 6.00. The Morgan fingerprint density at radius 1 is 1.50 bits per heavy atom. The number of rotatable bonds is 1. The number of nitrogens with zero attached hydrogens (tertiary/aromatic N) is 1. The van der Waals surface area contributed by atoms with Crippen LogP contribution in [0.4, 0.5) is 0 Å². The highest BCUT2D eigenvalue weighted by molar-refractivity contribution is 8.22. The van der Waals surface area contributed by atoms with E-state index in [1.807, 2.05) is 33.0 Å². The maximum absolute atomic E-state index is 5.10. The van der Waals surface area contributed by atoms with E-state index in [1.54, 1.807) is 0 Å². The molecule has 0 aliphatic rings. The van der Waals surface area contributed by atoms with Crippen molar-refractivity contribution in [3.8, 4) is 0 Å². The van der Waals surface area contributed by atoms with Crippen LogP contribution in [-0.4, -0.2) is 36.1 Å². The molecule has 0 unspecified atom stereocenters. The van der Waals surface area contributed by atoms with Crippen LogP contribution < -0.4 is 5.73 Å². The van der Waals surface area contributed by atoms with Crippen molar-refractivity contribution < 1.29 is 0 Å². The van der Waals surface area contributed by atoms with Crippen molar-refractivity contribution in [3.63, 3.8) is 0 Å². The molecule has 0 spiro atoms. The first-order chi connectivity index (χ1) is 4.50. The molecule has 0 atom stereocenters. The molecular weight excluding hydrogens is 164 g/mol. The number of nitrogens with two attached hydrogens (primary N) is 1. The zero-order valence-electron chi connectivity index (χ0n) is 7.05. The number of thioether (sulfide) groups is 1. The zero-order chi connectivity index (χ0) is 8.57. The minimum Gasteiger partial charge on any atom is -0.385 e. The maximum Gasteiger partial charge on any atom is 0.131 e. The molecule has 0 aromatic carbocycles. The Hall–Kier alpha value is 0.200. The predicted octanol–water partition coefficient (Wildman–Crippen LogP) is 1.16. The Morgan fingerprint density at radius 3 is 1.80 bits per heavy atom. The normalized spacial score (nSPS) is 8.50. The molecule has 0 heterocycles. The largest absolute Gasteiger partial charge is 0.385 e. The van der Waals surface area contributed by atoms with E-state index in [0.717, 1.165) is 5.75 Å². The van der Waals surface area contributed by atoms with Gasteiger partial charge in [0.05, 0.1) is 0 Å². The van der Waals surface area contributed by atoms with E-state index in [2.05, 4.69) is 12.2 Å². The van der Waals surface area contributed by atoms with Gasteiger partial charge < -0.3 is 10.6 Å². The van der Waals surface area contributed by atoms with Crippen molar-refractivity contribution in [2.24, 2.45) is 5.73 Å². The highest BCUT2D eigenvalue weighted by atomic mass is 32.2. The van der Waals surface area contributed by atoms with E-state index >= 15 is 0 Å². The van der Waals surface area contributed by atoms with Crippen LogP contribution in [0.2, 0.25) is 0 Å². The molecule has 4 heteroatoms. The van der Waals surface area contributed by atoms with Crippen molar-refractivity contribution in [1.29, 1.82) is 0 Å². The van der Waals surface area contributed by atoms with Crippen LogP contribution in [0, 0.1) is 0 Å². The van der Waals surface area contributed by atoms with Crippen molar-refractivity contribution in [1.82, 2.24) is 4.90 Å². The molecule has 0 saturated carbocycles. The highest BCUT2D eigenvalue weighted by Gasteiger charge is 1.79. The summed E-state index contributed by atoms with van der Waals surface area (Å²) in [5.74, 6) is 0.981. The summed E-state index contributed by atoms with van der Waals surface area (Å²) in [6.45, 7) is 2.02. The van der Waals surface area contributed by atoms with Crippen LogP contribution in [-0.2, 0) is 0 Å². The lowest BCUT2D eigenvalue weighted by molar-refractivity contribution is 0.505. The average Bonchev–Trinajstić information content (AvgIpc) is 1.62. The van der Waals surface area contributed by atoms with E-state index in [9.17, 15) is 0 Å². The van der Waals surface area contributed by atoms with Crippen LogP contribution in [0.1, 0.15) is 6.92 Å². The lowest BCUT2D eigenvalue weighted by Crippen LogP contribution is -2.00. The second-order valence-electron chi connectivity index (χ2n) is 2.09. The van der Waals surface area contributed by atoms with Gasteiger partial charge in [-0.05, 0) is 26.9 Å². The minimum absolute atomic E-state index is 0.539. The first-order valence-electron chi connectivity index (χ1n) is 3.03. The quantitative estimate of drug-likeness (QED) is 0.613. The van der Waals surface area contributed by atoms with Crippen LogP contribution in [0.3, 0.4) is 0 Å². The van der Waals surface area contributed by atoms with Gasteiger partial charge in [0, 0.05) is 0 Å². The molecule has 0 amide bonds. The molecule has 0 rings (SSSR count). The van der Waals surface area contributed by atoms with Crippen molar-refractivity contribution in [2.45, 2.75) is 6.92 Å². The van der Waals surface area contributed by atoms with Gasteiger partial charge >= 0.3 is 0 Å². The van der Waals surface area contributed by atoms with Gasteiger partial charge in [-0.25, -0.2) is 0 Å². The molecule has 0 aromatic heterocycles. The summed E-state index contributed by atoms with van der Waals surface area (Å²) in [5, 5.41) is 0. The summed E-state index contributed by atoms with van der Waals surface area (Å²) >= 11 is 6.03.